The van der Waals surface area contributed by atoms with E-state index in [9.17, 15) is 22.8 Å². The highest BCUT2D eigenvalue weighted by Gasteiger charge is 2.40. The first kappa shape index (κ1) is 26.2. The summed E-state index contributed by atoms with van der Waals surface area (Å²) in [6, 6.07) is 13.7. The molecule has 1 heterocycles. The average molecular weight is 554 g/mol. The van der Waals surface area contributed by atoms with Crippen LogP contribution in [0, 0.1) is 0 Å². The zero-order chi connectivity index (χ0) is 26.7. The van der Waals surface area contributed by atoms with E-state index in [1.54, 1.807) is 6.07 Å². The van der Waals surface area contributed by atoms with E-state index in [2.05, 4.69) is 5.32 Å². The summed E-state index contributed by atoms with van der Waals surface area (Å²) >= 11 is 11.9. The molecule has 0 aliphatic heterocycles. The molecule has 0 radical (unpaired) electrons. The molecule has 37 heavy (non-hydrogen) atoms. The van der Waals surface area contributed by atoms with Crippen molar-refractivity contribution in [3.05, 3.63) is 86.7 Å². The third kappa shape index (κ3) is 6.10. The molecule has 1 N–H and O–H groups in total. The van der Waals surface area contributed by atoms with Gasteiger partial charge in [-0.05, 0) is 54.6 Å². The third-order valence-corrected chi connectivity index (χ3v) is 5.50. The fraction of sp³-hybridized carbons (Fsp3) is 0.120. The van der Waals surface area contributed by atoms with Gasteiger partial charge in [0.05, 0.1) is 23.2 Å². The van der Waals surface area contributed by atoms with E-state index < -0.39 is 41.2 Å². The van der Waals surface area contributed by atoms with Gasteiger partial charge in [0, 0.05) is 11.1 Å². The van der Waals surface area contributed by atoms with Crippen molar-refractivity contribution in [3.8, 4) is 23.0 Å². The van der Waals surface area contributed by atoms with E-state index >= 15 is 0 Å². The van der Waals surface area contributed by atoms with E-state index in [1.165, 1.54) is 55.6 Å². The van der Waals surface area contributed by atoms with Crippen molar-refractivity contribution in [1.29, 1.82) is 0 Å². The Hall–Kier alpha value is -3.89. The number of carbonyl (C=O) groups is 1. The fourth-order valence-corrected chi connectivity index (χ4v) is 3.55. The number of fused-ring (bicyclic) bond motifs is 1. The number of benzene rings is 3. The fourth-order valence-electron chi connectivity index (χ4n) is 3.22. The van der Waals surface area contributed by atoms with Crippen LogP contribution in [-0.2, 0) is 11.0 Å². The molecule has 0 atom stereocenters. The molecule has 0 bridgehead atoms. The second-order valence-electron chi connectivity index (χ2n) is 7.48. The molecule has 0 aliphatic carbocycles. The number of carbonyl (C=O) groups excluding carboxylic acids is 1. The number of anilines is 1. The summed E-state index contributed by atoms with van der Waals surface area (Å²) in [6.07, 6.45) is -5.04. The normalized spacial score (nSPS) is 11.3. The standard InChI is InChI=1S/C25H16Cl2F3NO6/c1-34-14-3-5-15(6-4-14)36-23-22(33)17-8-7-16(11-20(17)37-24(23)25(28,29)30)35-12-21(32)31-19-10-13(26)2-9-18(19)27/h2-11H,12H2,1H3,(H,31,32). The van der Waals surface area contributed by atoms with Crippen molar-refractivity contribution >= 4 is 45.8 Å². The summed E-state index contributed by atoms with van der Waals surface area (Å²) in [7, 11) is 1.43. The lowest BCUT2D eigenvalue weighted by atomic mass is 10.2. The summed E-state index contributed by atoms with van der Waals surface area (Å²) < 4.78 is 62.0. The Morgan fingerprint density at radius 2 is 1.65 bits per heavy atom. The first-order valence-electron chi connectivity index (χ1n) is 10.4. The highest BCUT2D eigenvalue weighted by Crippen LogP contribution is 2.39. The Morgan fingerprint density at radius 3 is 2.32 bits per heavy atom. The van der Waals surface area contributed by atoms with Crippen LogP contribution in [0.3, 0.4) is 0 Å². The van der Waals surface area contributed by atoms with Crippen molar-refractivity contribution in [3.63, 3.8) is 0 Å². The molecule has 0 fully saturated rings. The molecule has 4 rings (SSSR count). The maximum atomic E-state index is 13.8. The average Bonchev–Trinajstić information content (AvgIpc) is 2.86. The molecule has 0 unspecified atom stereocenters. The quantitative estimate of drug-likeness (QED) is 0.267. The first-order valence-corrected chi connectivity index (χ1v) is 11.2. The molecule has 3 aromatic carbocycles. The van der Waals surface area contributed by atoms with E-state index in [4.69, 9.17) is 41.8 Å². The predicted octanol–water partition coefficient (Wildman–Crippen LogP) is 6.94. The van der Waals surface area contributed by atoms with Gasteiger partial charge in [-0.1, -0.05) is 23.2 Å². The predicted molar refractivity (Wildman–Crippen MR) is 131 cm³/mol. The van der Waals surface area contributed by atoms with Crippen molar-refractivity contribution in [1.82, 2.24) is 0 Å². The molecule has 0 aliphatic rings. The van der Waals surface area contributed by atoms with Crippen LogP contribution in [0.1, 0.15) is 5.76 Å². The Kier molecular flexibility index (Phi) is 7.51. The van der Waals surface area contributed by atoms with Crippen molar-refractivity contribution < 1.29 is 36.6 Å². The highest BCUT2D eigenvalue weighted by atomic mass is 35.5. The Bertz CT molecular complexity index is 1520. The zero-order valence-corrected chi connectivity index (χ0v) is 20.3. The minimum absolute atomic E-state index is 0.0139. The summed E-state index contributed by atoms with van der Waals surface area (Å²) in [5.41, 5.74) is -1.19. The van der Waals surface area contributed by atoms with Crippen LogP contribution in [-0.4, -0.2) is 19.6 Å². The molecule has 4 aromatic rings. The van der Waals surface area contributed by atoms with Crippen LogP contribution in [0.15, 0.2) is 69.9 Å². The molecule has 1 aromatic heterocycles. The maximum Gasteiger partial charge on any atom is 0.453 e. The second kappa shape index (κ2) is 10.6. The van der Waals surface area contributed by atoms with Crippen molar-refractivity contribution in [2.75, 3.05) is 19.0 Å². The number of halogens is 5. The van der Waals surface area contributed by atoms with Gasteiger partial charge in [0.15, 0.2) is 6.61 Å². The van der Waals surface area contributed by atoms with E-state index in [1.807, 2.05) is 0 Å². The number of hydrogen-bond donors (Lipinski definition) is 1. The van der Waals surface area contributed by atoms with Crippen LogP contribution < -0.4 is 25.0 Å². The van der Waals surface area contributed by atoms with Crippen molar-refractivity contribution in [2.45, 2.75) is 6.18 Å². The number of ether oxygens (including phenoxy) is 3. The molecule has 1 amide bonds. The topological polar surface area (TPSA) is 87.0 Å². The van der Waals surface area contributed by atoms with Gasteiger partial charge in [-0.15, -0.1) is 0 Å². The highest BCUT2D eigenvalue weighted by molar-refractivity contribution is 6.35. The van der Waals surface area contributed by atoms with Gasteiger partial charge in [-0.2, -0.15) is 13.2 Å². The molecule has 0 spiro atoms. The van der Waals surface area contributed by atoms with Gasteiger partial charge < -0.3 is 23.9 Å². The van der Waals surface area contributed by atoms with E-state index in [-0.39, 0.29) is 27.6 Å². The van der Waals surface area contributed by atoms with Gasteiger partial charge in [0.2, 0.25) is 11.2 Å². The smallest absolute Gasteiger partial charge is 0.453 e. The number of nitrogens with one attached hydrogen (secondary N) is 1. The minimum Gasteiger partial charge on any atom is -0.497 e. The maximum absolute atomic E-state index is 13.8. The molecule has 7 nitrogen and oxygen atoms in total. The number of amides is 1. The van der Waals surface area contributed by atoms with Crippen LogP contribution in [0.2, 0.25) is 10.0 Å². The summed E-state index contributed by atoms with van der Waals surface area (Å²) in [4.78, 5) is 25.2. The first-order chi connectivity index (χ1) is 17.5. The van der Waals surface area contributed by atoms with Gasteiger partial charge in [-0.3, -0.25) is 9.59 Å². The third-order valence-electron chi connectivity index (χ3n) is 4.93. The van der Waals surface area contributed by atoms with Gasteiger partial charge >= 0.3 is 6.18 Å². The summed E-state index contributed by atoms with van der Waals surface area (Å²) in [5, 5.41) is 2.92. The van der Waals surface area contributed by atoms with E-state index in [0.29, 0.717) is 10.8 Å². The molecular formula is C25H16Cl2F3NO6. The Balaban J connectivity index is 1.59. The van der Waals surface area contributed by atoms with Crippen LogP contribution >= 0.6 is 23.2 Å². The molecule has 0 saturated carbocycles. The number of rotatable bonds is 7. The summed E-state index contributed by atoms with van der Waals surface area (Å²) in [6.45, 7) is -0.511. The Labute approximate surface area is 217 Å². The lowest BCUT2D eigenvalue weighted by molar-refractivity contribution is -0.154. The Morgan fingerprint density at radius 1 is 0.973 bits per heavy atom. The number of alkyl halides is 3. The SMILES string of the molecule is COc1ccc(Oc2c(C(F)(F)F)oc3cc(OCC(=O)Nc4cc(Cl)ccc4Cl)ccc3c2=O)cc1. The van der Waals surface area contributed by atoms with Crippen LogP contribution in [0.25, 0.3) is 11.0 Å². The monoisotopic (exact) mass is 553 g/mol. The lowest BCUT2D eigenvalue weighted by Gasteiger charge is -2.14. The number of hydrogen-bond acceptors (Lipinski definition) is 6. The van der Waals surface area contributed by atoms with Crippen LogP contribution in [0.5, 0.6) is 23.0 Å². The van der Waals surface area contributed by atoms with Gasteiger partial charge in [0.25, 0.3) is 11.7 Å². The second-order valence-corrected chi connectivity index (χ2v) is 8.33. The molecule has 12 heteroatoms. The van der Waals surface area contributed by atoms with Crippen LogP contribution in [0.4, 0.5) is 18.9 Å². The van der Waals surface area contributed by atoms with Gasteiger partial charge in [-0.25, -0.2) is 0 Å². The summed E-state index contributed by atoms with van der Waals surface area (Å²) in [5.74, 6) is -2.83. The van der Waals surface area contributed by atoms with Crippen molar-refractivity contribution in [2.24, 2.45) is 0 Å². The van der Waals surface area contributed by atoms with Gasteiger partial charge in [0.1, 0.15) is 22.8 Å². The largest absolute Gasteiger partial charge is 0.497 e. The zero-order valence-electron chi connectivity index (χ0n) is 18.8. The lowest BCUT2D eigenvalue weighted by Crippen LogP contribution is -2.20. The van der Waals surface area contributed by atoms with E-state index in [0.717, 1.165) is 6.07 Å². The molecule has 0 saturated heterocycles. The number of methoxy groups -OCH3 is 1. The molecular weight excluding hydrogens is 538 g/mol. The molecule has 192 valence electrons. The minimum atomic E-state index is -5.04.